The van der Waals surface area contributed by atoms with Gasteiger partial charge >= 0.3 is 0 Å². The van der Waals surface area contributed by atoms with E-state index in [0.717, 1.165) is 5.56 Å². The van der Waals surface area contributed by atoms with Gasteiger partial charge in [0, 0.05) is 61.5 Å². The van der Waals surface area contributed by atoms with Gasteiger partial charge in [0.1, 0.15) is 11.7 Å². The quantitative estimate of drug-likeness (QED) is 0.120. The first-order valence-corrected chi connectivity index (χ1v) is 13.0. The number of non-ortho nitro benzene ring substituents is 1. The molecule has 0 aliphatic carbocycles. The largest absolute Gasteiger partial charge is 0.477 e. The Balaban J connectivity index is 1.50. The van der Waals surface area contributed by atoms with Gasteiger partial charge < -0.3 is 20.9 Å². The molecule has 212 valence electrons. The van der Waals surface area contributed by atoms with Crippen molar-refractivity contribution in [1.29, 1.82) is 0 Å². The predicted octanol–water partition coefficient (Wildman–Crippen LogP) is 2.75. The molecule has 0 saturated carbocycles. The number of nitrogens with one attached hydrogen (secondary N) is 1. The normalized spacial score (nSPS) is 11.5. The van der Waals surface area contributed by atoms with E-state index in [9.17, 15) is 24.8 Å². The van der Waals surface area contributed by atoms with Crippen molar-refractivity contribution >= 4 is 17.5 Å². The second-order valence-corrected chi connectivity index (χ2v) is 9.20. The van der Waals surface area contributed by atoms with E-state index in [1.165, 1.54) is 16.8 Å². The lowest BCUT2D eigenvalue weighted by molar-refractivity contribution is -0.384. The number of amides is 2. The summed E-state index contributed by atoms with van der Waals surface area (Å²) >= 11 is 0. The number of aromatic nitrogens is 3. The van der Waals surface area contributed by atoms with Gasteiger partial charge in [-0.3, -0.25) is 24.7 Å². The zero-order chi connectivity index (χ0) is 29.2. The number of nitrogens with zero attached hydrogens (tertiary/aromatic N) is 4. The summed E-state index contributed by atoms with van der Waals surface area (Å²) in [6.45, 7) is -0.0508. The van der Waals surface area contributed by atoms with E-state index in [1.54, 1.807) is 30.6 Å². The molecule has 2 aromatic heterocycles. The highest BCUT2D eigenvalue weighted by molar-refractivity contribution is 5.86. The summed E-state index contributed by atoms with van der Waals surface area (Å²) in [5, 5.41) is 28.3. The molecule has 4 N–H and O–H groups in total. The topological polar surface area (TPSA) is 176 Å². The van der Waals surface area contributed by atoms with Gasteiger partial charge in [-0.05, 0) is 36.2 Å². The Morgan fingerprint density at radius 3 is 2.49 bits per heavy atom. The summed E-state index contributed by atoms with van der Waals surface area (Å²) in [6, 6.07) is 17.9. The van der Waals surface area contributed by atoms with E-state index >= 15 is 0 Å². The Hall–Kier alpha value is -5.10. The van der Waals surface area contributed by atoms with Crippen LogP contribution in [0.15, 0.2) is 79.1 Å². The molecule has 12 nitrogen and oxygen atoms in total. The highest BCUT2D eigenvalue weighted by Gasteiger charge is 2.23. The smallest absolute Gasteiger partial charge is 0.269 e. The maximum absolute atomic E-state index is 12.6. The van der Waals surface area contributed by atoms with Gasteiger partial charge in [-0.25, -0.2) is 4.68 Å². The van der Waals surface area contributed by atoms with Crippen molar-refractivity contribution in [3.05, 3.63) is 100 Å². The second-order valence-electron chi connectivity index (χ2n) is 9.20. The second kappa shape index (κ2) is 13.8. The third kappa shape index (κ3) is 7.51. The minimum absolute atomic E-state index is 0.0704. The van der Waals surface area contributed by atoms with E-state index in [1.807, 2.05) is 36.4 Å². The number of pyridine rings is 1. The zero-order valence-corrected chi connectivity index (χ0v) is 22.2. The van der Waals surface area contributed by atoms with Crippen molar-refractivity contribution in [2.24, 2.45) is 5.73 Å². The molecule has 0 fully saturated rings. The molecule has 0 aliphatic rings. The zero-order valence-electron chi connectivity index (χ0n) is 22.2. The molecule has 2 aromatic carbocycles. The minimum Gasteiger partial charge on any atom is -0.477 e. The number of rotatable bonds is 14. The number of carbonyl (C=O) groups excluding carboxylic acids is 2. The molecule has 2 heterocycles. The van der Waals surface area contributed by atoms with Crippen molar-refractivity contribution in [1.82, 2.24) is 20.1 Å². The van der Waals surface area contributed by atoms with Crippen LogP contribution in [0.2, 0.25) is 0 Å². The molecule has 0 bridgehead atoms. The van der Waals surface area contributed by atoms with Crippen LogP contribution >= 0.6 is 0 Å². The lowest BCUT2D eigenvalue weighted by Crippen LogP contribution is -2.45. The third-order valence-electron chi connectivity index (χ3n) is 6.29. The fourth-order valence-electron chi connectivity index (χ4n) is 4.29. The Bertz CT molecular complexity index is 1480. The molecule has 41 heavy (non-hydrogen) atoms. The van der Waals surface area contributed by atoms with Crippen molar-refractivity contribution in [3.63, 3.8) is 0 Å². The monoisotopic (exact) mass is 558 g/mol. The maximum atomic E-state index is 12.6. The van der Waals surface area contributed by atoms with Crippen LogP contribution in [0, 0.1) is 10.1 Å². The molecule has 12 heteroatoms. The average Bonchev–Trinajstić information content (AvgIpc) is 3.34. The molecule has 0 aliphatic heterocycles. The molecular weight excluding hydrogens is 528 g/mol. The minimum atomic E-state index is -0.840. The number of ether oxygens (including phenoxy) is 1. The molecule has 0 saturated heterocycles. The van der Waals surface area contributed by atoms with Crippen molar-refractivity contribution in [2.75, 3.05) is 13.2 Å². The van der Waals surface area contributed by atoms with Crippen LogP contribution in [0.5, 0.6) is 5.88 Å². The number of hydrogen-bond donors (Lipinski definition) is 3. The predicted molar refractivity (Wildman–Crippen MR) is 150 cm³/mol. The average molecular weight is 559 g/mol. The highest BCUT2D eigenvalue weighted by atomic mass is 16.6. The summed E-state index contributed by atoms with van der Waals surface area (Å²) in [7, 11) is 0. The molecule has 0 unspecified atom stereocenters. The van der Waals surface area contributed by atoms with Gasteiger partial charge in [0.05, 0.1) is 17.2 Å². The number of primary amides is 1. The lowest BCUT2D eigenvalue weighted by Gasteiger charge is -2.16. The van der Waals surface area contributed by atoms with Crippen molar-refractivity contribution in [2.45, 2.75) is 31.7 Å². The van der Waals surface area contributed by atoms with E-state index < -0.39 is 16.9 Å². The van der Waals surface area contributed by atoms with Crippen LogP contribution in [0.3, 0.4) is 0 Å². The summed E-state index contributed by atoms with van der Waals surface area (Å²) in [5.41, 5.74) is 8.70. The number of nitro benzene ring substituents is 1. The number of hydrogen-bond acceptors (Lipinski definition) is 8. The number of benzene rings is 2. The van der Waals surface area contributed by atoms with E-state index in [-0.39, 0.29) is 44.1 Å². The number of nitro groups is 1. The number of nitrogens with two attached hydrogens (primary N) is 1. The van der Waals surface area contributed by atoms with Gasteiger partial charge in [0.15, 0.2) is 0 Å². The van der Waals surface area contributed by atoms with Gasteiger partial charge in [-0.2, -0.15) is 5.10 Å². The van der Waals surface area contributed by atoms with Crippen LogP contribution in [-0.4, -0.2) is 55.9 Å². The molecule has 2 amide bonds. The van der Waals surface area contributed by atoms with Crippen molar-refractivity contribution < 1.29 is 24.4 Å². The first-order valence-electron chi connectivity index (χ1n) is 13.0. The van der Waals surface area contributed by atoms with Gasteiger partial charge in [0.25, 0.3) is 5.69 Å². The van der Waals surface area contributed by atoms with E-state index in [2.05, 4.69) is 10.3 Å². The fourth-order valence-corrected chi connectivity index (χ4v) is 4.29. The fraction of sp³-hybridized carbons (Fsp3) is 0.241. The first-order chi connectivity index (χ1) is 19.9. The van der Waals surface area contributed by atoms with Crippen LogP contribution in [-0.2, 0) is 22.4 Å². The van der Waals surface area contributed by atoms with Gasteiger partial charge in [-0.15, -0.1) is 0 Å². The molecule has 0 spiro atoms. The Morgan fingerprint density at radius 2 is 1.85 bits per heavy atom. The van der Waals surface area contributed by atoms with Crippen molar-refractivity contribution in [3.8, 4) is 22.8 Å². The van der Waals surface area contributed by atoms with E-state index in [0.29, 0.717) is 34.8 Å². The molecule has 4 aromatic rings. The Labute approximate surface area is 235 Å². The molecule has 1 atom stereocenters. The number of aliphatic hydroxyl groups excluding tert-OH is 1. The summed E-state index contributed by atoms with van der Waals surface area (Å²) in [5.74, 6) is -0.628. The molecule has 0 radical (unpaired) electrons. The standard InChI is InChI=1S/C29H30N6O6/c30-28(38)25(18-20-6-2-1-3-7-20)32-26(37)9-5-17-41-29-24(14-16-36)27(21-8-4-15-31-19-21)33-34(29)22-10-12-23(13-11-22)35(39)40/h1-4,6-8,10-13,15,19,25,36H,5,9,14,16-18H2,(H2,30,38)(H,32,37)/t25-/m0/s1. The first kappa shape index (κ1) is 28.9. The lowest BCUT2D eigenvalue weighted by atomic mass is 10.1. The third-order valence-corrected chi connectivity index (χ3v) is 6.29. The maximum Gasteiger partial charge on any atom is 0.269 e. The summed E-state index contributed by atoms with van der Waals surface area (Å²) in [4.78, 5) is 39.3. The van der Waals surface area contributed by atoms with Crippen LogP contribution < -0.4 is 15.8 Å². The Morgan fingerprint density at radius 1 is 1.10 bits per heavy atom. The van der Waals surface area contributed by atoms with Crippen LogP contribution in [0.25, 0.3) is 16.9 Å². The number of carbonyl (C=O) groups is 2. The SMILES string of the molecule is NC(=O)[C@H](Cc1ccccc1)NC(=O)CCCOc1c(CCO)c(-c2cccnc2)nn1-c1ccc([N+](=O)[O-])cc1. The number of aliphatic hydroxyl groups is 1. The summed E-state index contributed by atoms with van der Waals surface area (Å²) < 4.78 is 7.63. The molecular formula is C29H30N6O6. The van der Waals surface area contributed by atoms with Crippen LogP contribution in [0.4, 0.5) is 5.69 Å². The van der Waals surface area contributed by atoms with Gasteiger partial charge in [-0.1, -0.05) is 30.3 Å². The molecule has 4 rings (SSSR count). The van der Waals surface area contributed by atoms with E-state index in [4.69, 9.17) is 15.6 Å². The summed E-state index contributed by atoms with van der Waals surface area (Å²) in [6.07, 6.45) is 4.18. The highest BCUT2D eigenvalue weighted by Crippen LogP contribution is 2.33. The Kier molecular flexibility index (Phi) is 9.73. The van der Waals surface area contributed by atoms with Gasteiger partial charge in [0.2, 0.25) is 17.7 Å². The van der Waals surface area contributed by atoms with Crippen LogP contribution in [0.1, 0.15) is 24.0 Å².